The van der Waals surface area contributed by atoms with E-state index in [9.17, 15) is 0 Å². The summed E-state index contributed by atoms with van der Waals surface area (Å²) < 4.78 is 0. The molecule has 0 radical (unpaired) electrons. The summed E-state index contributed by atoms with van der Waals surface area (Å²) in [5, 5.41) is 1.58. The van der Waals surface area contributed by atoms with Crippen LogP contribution in [0.4, 0.5) is 0 Å². The largest absolute Gasteiger partial charge is 0.105 e. The third-order valence-electron chi connectivity index (χ3n) is 2.28. The first-order valence-electron chi connectivity index (χ1n) is 3.66. The SMILES string of the molecule is C=CC[Si]1(C)C=CC=C1C. The number of hydrogen-bond donors (Lipinski definition) is 0. The average molecular weight is 150 g/mol. The Bertz CT molecular complexity index is 201. The van der Waals surface area contributed by atoms with Crippen LogP contribution in [0, 0.1) is 0 Å². The highest BCUT2D eigenvalue weighted by Gasteiger charge is 2.26. The first kappa shape index (κ1) is 7.54. The predicted molar refractivity (Wildman–Crippen MR) is 49.5 cm³/mol. The summed E-state index contributed by atoms with van der Waals surface area (Å²) in [7, 11) is -1.13. The lowest BCUT2D eigenvalue weighted by Gasteiger charge is -2.18. The van der Waals surface area contributed by atoms with Crippen molar-refractivity contribution in [2.45, 2.75) is 19.5 Å². The van der Waals surface area contributed by atoms with Gasteiger partial charge in [0.15, 0.2) is 0 Å². The van der Waals surface area contributed by atoms with Crippen LogP contribution >= 0.6 is 0 Å². The lowest BCUT2D eigenvalue weighted by atomic mass is 10.5. The van der Waals surface area contributed by atoms with Crippen LogP contribution < -0.4 is 0 Å². The minimum atomic E-state index is -1.13. The standard InChI is InChI=1S/C9H14Si/c1-4-7-10(3)8-5-6-9(10)2/h4-6,8H,1,7H2,2-3H3. The van der Waals surface area contributed by atoms with Gasteiger partial charge in [0.2, 0.25) is 0 Å². The van der Waals surface area contributed by atoms with Crippen LogP contribution in [0.1, 0.15) is 6.92 Å². The quantitative estimate of drug-likeness (QED) is 0.419. The monoisotopic (exact) mass is 150 g/mol. The molecule has 0 aromatic carbocycles. The second-order valence-corrected chi connectivity index (χ2v) is 7.48. The molecule has 1 heteroatoms. The first-order chi connectivity index (χ1) is 4.69. The molecular formula is C9H14Si. The highest BCUT2D eigenvalue weighted by atomic mass is 28.3. The molecular weight excluding hydrogens is 136 g/mol. The maximum Gasteiger partial charge on any atom is 0.105 e. The third kappa shape index (κ3) is 1.14. The summed E-state index contributed by atoms with van der Waals surface area (Å²) in [5.74, 6) is 0. The lowest BCUT2D eigenvalue weighted by molar-refractivity contribution is 1.50. The molecule has 1 unspecified atom stereocenters. The van der Waals surface area contributed by atoms with Gasteiger partial charge in [0.25, 0.3) is 0 Å². The van der Waals surface area contributed by atoms with Crippen molar-refractivity contribution in [1.82, 2.24) is 0 Å². The van der Waals surface area contributed by atoms with E-state index in [2.05, 4.69) is 37.9 Å². The maximum absolute atomic E-state index is 3.78. The Hall–Kier alpha value is -0.563. The molecule has 0 aromatic rings. The van der Waals surface area contributed by atoms with Crippen LogP contribution in [0.25, 0.3) is 0 Å². The molecule has 10 heavy (non-hydrogen) atoms. The second-order valence-electron chi connectivity index (χ2n) is 3.12. The van der Waals surface area contributed by atoms with Crippen molar-refractivity contribution in [2.24, 2.45) is 0 Å². The third-order valence-corrected chi connectivity index (χ3v) is 6.31. The summed E-state index contributed by atoms with van der Waals surface area (Å²) in [6, 6.07) is 1.19. The minimum absolute atomic E-state index is 1.13. The molecule has 0 N–H and O–H groups in total. The molecule has 0 fully saturated rings. The van der Waals surface area contributed by atoms with E-state index < -0.39 is 8.07 Å². The molecule has 54 valence electrons. The zero-order valence-electron chi connectivity index (χ0n) is 6.72. The molecule has 0 bridgehead atoms. The van der Waals surface area contributed by atoms with E-state index >= 15 is 0 Å². The topological polar surface area (TPSA) is 0 Å². The van der Waals surface area contributed by atoms with Crippen molar-refractivity contribution in [3.05, 3.63) is 35.7 Å². The van der Waals surface area contributed by atoms with E-state index in [1.54, 1.807) is 5.20 Å². The molecule has 1 rings (SSSR count). The van der Waals surface area contributed by atoms with Gasteiger partial charge in [0.1, 0.15) is 8.07 Å². The van der Waals surface area contributed by atoms with Crippen LogP contribution in [0.5, 0.6) is 0 Å². The molecule has 0 aliphatic carbocycles. The van der Waals surface area contributed by atoms with Gasteiger partial charge in [-0.3, -0.25) is 0 Å². The molecule has 0 spiro atoms. The Morgan fingerprint density at radius 3 is 2.80 bits per heavy atom. The lowest BCUT2D eigenvalue weighted by Crippen LogP contribution is -2.26. The van der Waals surface area contributed by atoms with Gasteiger partial charge in [-0.05, 0) is 13.0 Å². The van der Waals surface area contributed by atoms with E-state index in [1.807, 2.05) is 6.08 Å². The molecule has 1 atom stereocenters. The van der Waals surface area contributed by atoms with E-state index in [0.717, 1.165) is 0 Å². The van der Waals surface area contributed by atoms with Gasteiger partial charge in [-0.25, -0.2) is 0 Å². The highest BCUT2D eigenvalue weighted by molar-refractivity contribution is 6.90. The summed E-state index contributed by atoms with van der Waals surface area (Å²) in [4.78, 5) is 0. The fourth-order valence-corrected chi connectivity index (χ4v) is 3.57. The molecule has 0 nitrogen and oxygen atoms in total. The van der Waals surface area contributed by atoms with Gasteiger partial charge in [0, 0.05) is 0 Å². The van der Waals surface area contributed by atoms with Crippen molar-refractivity contribution < 1.29 is 0 Å². The van der Waals surface area contributed by atoms with E-state index in [0.29, 0.717) is 0 Å². The van der Waals surface area contributed by atoms with Crippen LogP contribution in [0.2, 0.25) is 12.6 Å². The van der Waals surface area contributed by atoms with Gasteiger partial charge in [0.05, 0.1) is 0 Å². The Balaban J connectivity index is 2.77. The molecule has 0 amide bonds. The molecule has 0 saturated carbocycles. The van der Waals surface area contributed by atoms with E-state index in [1.165, 1.54) is 6.04 Å². The van der Waals surface area contributed by atoms with Crippen LogP contribution in [0.3, 0.4) is 0 Å². The number of hydrogen-bond acceptors (Lipinski definition) is 0. The van der Waals surface area contributed by atoms with Crippen molar-refractivity contribution in [2.75, 3.05) is 0 Å². The van der Waals surface area contributed by atoms with E-state index in [4.69, 9.17) is 0 Å². The predicted octanol–water partition coefficient (Wildman–Crippen LogP) is 2.85. The Labute approximate surface area is 64.0 Å². The summed E-state index contributed by atoms with van der Waals surface area (Å²) in [6.45, 7) is 8.39. The van der Waals surface area contributed by atoms with E-state index in [-0.39, 0.29) is 0 Å². The molecule has 1 heterocycles. The van der Waals surface area contributed by atoms with Crippen LogP contribution in [-0.2, 0) is 0 Å². The highest BCUT2D eigenvalue weighted by Crippen LogP contribution is 2.25. The normalized spacial score (nSPS) is 30.4. The minimum Gasteiger partial charge on any atom is -0.103 e. The van der Waals surface area contributed by atoms with Crippen LogP contribution in [0.15, 0.2) is 35.7 Å². The fraction of sp³-hybridized carbons (Fsp3) is 0.333. The first-order valence-corrected chi connectivity index (χ1v) is 6.45. The molecule has 1 aliphatic rings. The van der Waals surface area contributed by atoms with Crippen molar-refractivity contribution in [1.29, 1.82) is 0 Å². The summed E-state index contributed by atoms with van der Waals surface area (Å²) >= 11 is 0. The zero-order chi connectivity index (χ0) is 7.61. The summed E-state index contributed by atoms with van der Waals surface area (Å²) in [5.41, 5.74) is 2.38. The zero-order valence-corrected chi connectivity index (χ0v) is 7.72. The summed E-state index contributed by atoms with van der Waals surface area (Å²) in [6.07, 6.45) is 6.46. The number of allylic oxidation sites excluding steroid dienone is 4. The van der Waals surface area contributed by atoms with Crippen molar-refractivity contribution in [3.8, 4) is 0 Å². The maximum atomic E-state index is 3.78. The van der Waals surface area contributed by atoms with Gasteiger partial charge in [-0.1, -0.05) is 35.7 Å². The Kier molecular flexibility index (Phi) is 1.95. The van der Waals surface area contributed by atoms with Crippen LogP contribution in [-0.4, -0.2) is 8.07 Å². The second kappa shape index (κ2) is 2.58. The smallest absolute Gasteiger partial charge is 0.103 e. The Morgan fingerprint density at radius 2 is 2.40 bits per heavy atom. The van der Waals surface area contributed by atoms with Gasteiger partial charge in [-0.15, -0.1) is 6.58 Å². The molecule has 0 aromatic heterocycles. The van der Waals surface area contributed by atoms with Crippen molar-refractivity contribution in [3.63, 3.8) is 0 Å². The van der Waals surface area contributed by atoms with Gasteiger partial charge >= 0.3 is 0 Å². The molecule has 0 saturated heterocycles. The Morgan fingerprint density at radius 1 is 1.70 bits per heavy atom. The van der Waals surface area contributed by atoms with Crippen molar-refractivity contribution >= 4 is 8.07 Å². The number of rotatable bonds is 2. The average Bonchev–Trinajstić information content (AvgIpc) is 2.15. The molecule has 1 aliphatic heterocycles. The van der Waals surface area contributed by atoms with Gasteiger partial charge < -0.3 is 0 Å². The van der Waals surface area contributed by atoms with Gasteiger partial charge in [-0.2, -0.15) is 0 Å². The fourth-order valence-electron chi connectivity index (χ4n) is 1.26.